The molecule has 0 spiro atoms. The normalized spacial score (nSPS) is 11.9. The molecule has 0 saturated carbocycles. The van der Waals surface area contributed by atoms with Crippen LogP contribution >= 0.6 is 0 Å². The summed E-state index contributed by atoms with van der Waals surface area (Å²) in [5, 5.41) is 0. The number of hydrogen-bond acceptors (Lipinski definition) is 4. The molecule has 2 N–H and O–H groups in total. The monoisotopic (exact) mass is 262 g/mol. The van der Waals surface area contributed by atoms with Gasteiger partial charge in [0.05, 0.1) is 0 Å². The van der Waals surface area contributed by atoms with Gasteiger partial charge >= 0.3 is 29.6 Å². The summed E-state index contributed by atoms with van der Waals surface area (Å²) in [5.41, 5.74) is 0. The maximum Gasteiger partial charge on any atom is 1.00 e. The van der Waals surface area contributed by atoms with E-state index in [4.69, 9.17) is 9.11 Å². The van der Waals surface area contributed by atoms with Crippen LogP contribution in [-0.2, 0) is 20.2 Å². The van der Waals surface area contributed by atoms with E-state index in [-0.39, 0.29) is 31.0 Å². The Kier molecular flexibility index (Phi) is 4.93. The Morgan fingerprint density at radius 3 is 1.33 bits per heavy atom. The maximum absolute atomic E-state index is 10.7. The zero-order chi connectivity index (χ0) is 11.0. The van der Waals surface area contributed by atoms with Crippen LogP contribution < -0.4 is 29.6 Å². The van der Waals surface area contributed by atoms with Crippen LogP contribution in [0.4, 0.5) is 0 Å². The third-order valence-electron chi connectivity index (χ3n) is 1.40. The molecular weight excluding hydrogens is 255 g/mol. The van der Waals surface area contributed by atoms with Gasteiger partial charge in [-0.05, 0) is 12.1 Å². The van der Waals surface area contributed by atoms with E-state index in [2.05, 4.69) is 0 Å². The molecule has 0 atom stereocenters. The Labute approximate surface area is 111 Å². The molecule has 6 nitrogen and oxygen atoms in total. The molecule has 0 aliphatic carbocycles. The Morgan fingerprint density at radius 1 is 0.867 bits per heavy atom. The van der Waals surface area contributed by atoms with Gasteiger partial charge in [0.2, 0.25) is 0 Å². The Morgan fingerprint density at radius 2 is 1.13 bits per heavy atom. The van der Waals surface area contributed by atoms with Crippen molar-refractivity contribution in [3.8, 4) is 0 Å². The van der Waals surface area contributed by atoms with E-state index in [0.717, 1.165) is 12.1 Å². The van der Waals surface area contributed by atoms with Crippen molar-refractivity contribution in [3.63, 3.8) is 0 Å². The number of hydrogen-bond donors (Lipinski definition) is 2. The molecule has 0 saturated heterocycles. The summed E-state index contributed by atoms with van der Waals surface area (Å²) in [5.74, 6) is 0. The van der Waals surface area contributed by atoms with E-state index in [1.165, 1.54) is 12.1 Å². The molecule has 1 rings (SSSR count). The summed E-state index contributed by atoms with van der Waals surface area (Å²) in [6, 6.07) is 4.19. The van der Waals surface area contributed by atoms with Crippen LogP contribution in [-0.4, -0.2) is 25.9 Å². The average Bonchev–Trinajstić information content (AvgIpc) is 2.01. The zero-order valence-corrected chi connectivity index (χ0v) is 11.3. The van der Waals surface area contributed by atoms with Gasteiger partial charge in [-0.15, -0.1) is 0 Å². The molecule has 15 heavy (non-hydrogen) atoms. The van der Waals surface area contributed by atoms with Crippen molar-refractivity contribution in [2.75, 3.05) is 0 Å². The van der Waals surface area contributed by atoms with E-state index in [0.29, 0.717) is 0 Å². The Bertz CT molecular complexity index is 501. The molecule has 0 heterocycles. The fourth-order valence-electron chi connectivity index (χ4n) is 0.876. The van der Waals surface area contributed by atoms with Gasteiger partial charge in [0, 0.05) is 0 Å². The Hall–Kier alpha value is 0.0400. The predicted octanol–water partition coefficient (Wildman–Crippen LogP) is -2.70. The van der Waals surface area contributed by atoms with Crippen LogP contribution in [0.3, 0.4) is 0 Å². The second-order valence-electron chi connectivity index (χ2n) is 2.40. The van der Waals surface area contributed by atoms with Crippen molar-refractivity contribution in [3.05, 3.63) is 24.3 Å². The molecule has 9 heteroatoms. The fraction of sp³-hybridized carbons (Fsp3) is 0. The molecule has 0 aromatic heterocycles. The molecule has 0 radical (unpaired) electrons. The van der Waals surface area contributed by atoms with Crippen LogP contribution in [0, 0.1) is 0 Å². The van der Waals surface area contributed by atoms with Crippen molar-refractivity contribution in [1.82, 2.24) is 0 Å². The molecule has 1 aromatic carbocycles. The topological polar surface area (TPSA) is 109 Å². The summed E-state index contributed by atoms with van der Waals surface area (Å²) in [6.07, 6.45) is 0. The van der Waals surface area contributed by atoms with Crippen molar-refractivity contribution >= 4 is 20.2 Å². The van der Waals surface area contributed by atoms with Gasteiger partial charge in [-0.25, -0.2) is 0 Å². The summed E-state index contributed by atoms with van der Waals surface area (Å²) in [7, 11) is -9.31. The summed E-state index contributed by atoms with van der Waals surface area (Å²) < 4.78 is 60.0. The van der Waals surface area contributed by atoms with Crippen molar-refractivity contribution in [1.29, 1.82) is 0 Å². The van der Waals surface area contributed by atoms with E-state index < -0.39 is 30.0 Å². The number of benzene rings is 1. The van der Waals surface area contributed by atoms with Gasteiger partial charge in [0.1, 0.15) is 9.79 Å². The molecule has 80 valence electrons. The predicted molar refractivity (Wildman–Crippen MR) is 47.2 cm³/mol. The van der Waals surface area contributed by atoms with Gasteiger partial charge in [-0.2, -0.15) is 16.8 Å². The first-order valence-electron chi connectivity index (χ1n) is 3.27. The first kappa shape index (κ1) is 15.0. The molecule has 1 aromatic rings. The minimum Gasteiger partial charge on any atom is -1.00 e. The zero-order valence-electron chi connectivity index (χ0n) is 8.65. The first-order chi connectivity index (χ1) is 6.23. The second kappa shape index (κ2) is 4.91. The minimum atomic E-state index is -4.66. The minimum absolute atomic E-state index is 0. The molecule has 0 aliphatic rings. The first-order valence-corrected chi connectivity index (χ1v) is 6.15. The second-order valence-corrected chi connectivity index (χ2v) is 5.18. The third-order valence-corrected chi connectivity index (χ3v) is 3.36. The number of rotatable bonds is 2. The van der Waals surface area contributed by atoms with Gasteiger partial charge in [-0.1, -0.05) is 12.1 Å². The molecule has 0 aliphatic heterocycles. The van der Waals surface area contributed by atoms with E-state index in [1.807, 2.05) is 0 Å². The summed E-state index contributed by atoms with van der Waals surface area (Å²) in [4.78, 5) is -1.69. The van der Waals surface area contributed by atoms with Crippen LogP contribution in [0.5, 0.6) is 0 Å². The van der Waals surface area contributed by atoms with E-state index in [9.17, 15) is 16.8 Å². The third kappa shape index (κ3) is 3.83. The van der Waals surface area contributed by atoms with Crippen molar-refractivity contribution < 1.29 is 56.9 Å². The Balaban J connectivity index is 0. The largest absolute Gasteiger partial charge is 1.00 e. The van der Waals surface area contributed by atoms with E-state index >= 15 is 0 Å². The summed E-state index contributed by atoms with van der Waals surface area (Å²) >= 11 is 0. The molecule has 0 fully saturated rings. The van der Waals surface area contributed by atoms with Crippen molar-refractivity contribution in [2.24, 2.45) is 0 Å². The van der Waals surface area contributed by atoms with Crippen LogP contribution in [0.15, 0.2) is 34.1 Å². The standard InChI is InChI=1S/C6H6O6S2.Na.H/c7-13(8,9)5-3-1-2-4-6(5)14(10,11)12;;/h1-4H,(H,7,8,9)(H,10,11,12);;/q;+1;-1. The van der Waals surface area contributed by atoms with Crippen molar-refractivity contribution in [2.45, 2.75) is 9.79 Å². The smallest absolute Gasteiger partial charge is 1.00 e. The van der Waals surface area contributed by atoms with Crippen LogP contribution in [0.2, 0.25) is 0 Å². The molecule has 0 amide bonds. The van der Waals surface area contributed by atoms with E-state index in [1.54, 1.807) is 0 Å². The maximum atomic E-state index is 10.7. The molecule has 0 unspecified atom stereocenters. The fourth-order valence-corrected chi connectivity index (χ4v) is 2.65. The van der Waals surface area contributed by atoms with Crippen LogP contribution in [0.25, 0.3) is 0 Å². The molecule has 0 bridgehead atoms. The molecular formula is C6H7NaO6S2. The van der Waals surface area contributed by atoms with Gasteiger partial charge < -0.3 is 1.43 Å². The van der Waals surface area contributed by atoms with Crippen LogP contribution in [0.1, 0.15) is 1.43 Å². The SMILES string of the molecule is O=S(=O)(O)c1ccccc1S(=O)(=O)O.[H-].[Na+]. The van der Waals surface area contributed by atoms with Gasteiger partial charge in [0.15, 0.2) is 0 Å². The van der Waals surface area contributed by atoms with Gasteiger partial charge in [0.25, 0.3) is 20.2 Å². The summed E-state index contributed by atoms with van der Waals surface area (Å²) in [6.45, 7) is 0. The quantitative estimate of drug-likeness (QED) is 0.443. The van der Waals surface area contributed by atoms with Gasteiger partial charge in [-0.3, -0.25) is 9.11 Å². The average molecular weight is 262 g/mol.